The first-order chi connectivity index (χ1) is 14.9. The van der Waals surface area contributed by atoms with Crippen molar-refractivity contribution in [3.05, 3.63) is 65.9 Å². The first-order valence-electron chi connectivity index (χ1n) is 9.60. The number of hydrogen-bond donors (Lipinski definition) is 3. The van der Waals surface area contributed by atoms with Crippen LogP contribution in [0.4, 0.5) is 10.1 Å². The Bertz CT molecular complexity index is 1260. The molecule has 4 aromatic rings. The van der Waals surface area contributed by atoms with Gasteiger partial charge in [-0.25, -0.2) is 4.39 Å². The van der Waals surface area contributed by atoms with Crippen LogP contribution in [0.1, 0.15) is 18.3 Å². The van der Waals surface area contributed by atoms with E-state index < -0.39 is 17.8 Å². The van der Waals surface area contributed by atoms with Crippen molar-refractivity contribution in [2.45, 2.75) is 26.3 Å². The minimum Gasteiger partial charge on any atom is -0.361 e. The molecule has 0 aliphatic heterocycles. The summed E-state index contributed by atoms with van der Waals surface area (Å²) >= 11 is 0. The summed E-state index contributed by atoms with van der Waals surface area (Å²) in [5.74, 6) is -0.890. The van der Waals surface area contributed by atoms with Gasteiger partial charge >= 0.3 is 0 Å². The largest absolute Gasteiger partial charge is 0.361 e. The number of rotatable bonds is 6. The van der Waals surface area contributed by atoms with Crippen molar-refractivity contribution >= 4 is 28.4 Å². The third-order valence-electron chi connectivity index (χ3n) is 4.86. The van der Waals surface area contributed by atoms with Crippen LogP contribution in [-0.4, -0.2) is 43.0 Å². The van der Waals surface area contributed by atoms with E-state index in [2.05, 4.69) is 31.1 Å². The Morgan fingerprint density at radius 1 is 1.23 bits per heavy atom. The van der Waals surface area contributed by atoms with E-state index in [-0.39, 0.29) is 18.0 Å². The number of nitrogens with zero attached hydrogens (tertiary/aromatic N) is 4. The van der Waals surface area contributed by atoms with Crippen molar-refractivity contribution in [1.29, 1.82) is 0 Å². The number of carbonyl (C=O) groups excluding carboxylic acids is 2. The summed E-state index contributed by atoms with van der Waals surface area (Å²) in [6.07, 6.45) is 2.11. The maximum absolute atomic E-state index is 14.3. The van der Waals surface area contributed by atoms with Crippen LogP contribution in [-0.2, 0) is 16.0 Å². The number of nitrogens with one attached hydrogen (secondary N) is 3. The molecule has 2 aromatic carbocycles. The number of aromatic nitrogens is 5. The summed E-state index contributed by atoms with van der Waals surface area (Å²) in [6.45, 7) is 2.99. The third kappa shape index (κ3) is 4.27. The Labute approximate surface area is 176 Å². The van der Waals surface area contributed by atoms with Gasteiger partial charge < -0.3 is 15.6 Å². The lowest BCUT2D eigenvalue weighted by Crippen LogP contribution is -2.44. The van der Waals surface area contributed by atoms with Gasteiger partial charge in [-0.05, 0) is 47.2 Å². The van der Waals surface area contributed by atoms with Gasteiger partial charge in [0.05, 0.1) is 0 Å². The quantitative estimate of drug-likeness (QED) is 0.442. The number of H-pyrrole nitrogens is 1. The second-order valence-corrected chi connectivity index (χ2v) is 7.11. The van der Waals surface area contributed by atoms with E-state index in [1.807, 2.05) is 30.5 Å². The normalized spacial score (nSPS) is 12.0. The van der Waals surface area contributed by atoms with E-state index in [0.717, 1.165) is 16.5 Å². The number of fused-ring (bicyclic) bond motifs is 1. The lowest BCUT2D eigenvalue weighted by atomic mass is 10.0. The predicted molar refractivity (Wildman–Crippen MR) is 112 cm³/mol. The third-order valence-corrected chi connectivity index (χ3v) is 4.86. The fourth-order valence-electron chi connectivity index (χ4n) is 3.41. The molecule has 0 spiro atoms. The molecule has 1 unspecified atom stereocenters. The SMILES string of the molecule is CC(=O)NC(Cc1c[nH]c2ccccc12)C(=O)Nc1ccc(F)c(-n2nnnc2C)c1. The van der Waals surface area contributed by atoms with Gasteiger partial charge in [0.2, 0.25) is 11.8 Å². The highest BCUT2D eigenvalue weighted by molar-refractivity contribution is 5.98. The Morgan fingerprint density at radius 3 is 2.77 bits per heavy atom. The second kappa shape index (κ2) is 8.34. The summed E-state index contributed by atoms with van der Waals surface area (Å²) in [5, 5.41) is 17.4. The maximum atomic E-state index is 14.3. The zero-order chi connectivity index (χ0) is 22.0. The Balaban J connectivity index is 1.58. The monoisotopic (exact) mass is 421 g/mol. The molecule has 2 amide bonds. The molecule has 0 radical (unpaired) electrons. The standard InChI is InChI=1S/C21H20FN7O2/c1-12-26-27-28-29(12)20-10-15(7-8-17(20)22)25-21(31)19(24-13(2)30)9-14-11-23-18-6-4-3-5-16(14)18/h3-8,10-11,19,23H,9H2,1-2H3,(H,24,30)(H,25,31). The van der Waals surface area contributed by atoms with Crippen molar-refractivity contribution in [3.63, 3.8) is 0 Å². The predicted octanol–water partition coefficient (Wildman–Crippen LogP) is 2.28. The molecular formula is C21H20FN7O2. The van der Waals surface area contributed by atoms with Crippen molar-refractivity contribution in [2.75, 3.05) is 5.32 Å². The Morgan fingerprint density at radius 2 is 2.03 bits per heavy atom. The van der Waals surface area contributed by atoms with Gasteiger partial charge in [-0.1, -0.05) is 18.2 Å². The number of para-hydroxylation sites is 1. The average Bonchev–Trinajstić information content (AvgIpc) is 3.35. The molecule has 0 saturated heterocycles. The zero-order valence-electron chi connectivity index (χ0n) is 16.9. The molecule has 3 N–H and O–H groups in total. The number of halogens is 1. The summed E-state index contributed by atoms with van der Waals surface area (Å²) in [5.41, 5.74) is 2.30. The van der Waals surface area contributed by atoms with Crippen LogP contribution in [0.15, 0.2) is 48.7 Å². The zero-order valence-corrected chi connectivity index (χ0v) is 16.9. The minimum atomic E-state index is -0.819. The first-order valence-corrected chi connectivity index (χ1v) is 9.60. The van der Waals surface area contributed by atoms with E-state index in [1.165, 1.54) is 29.8 Å². The van der Waals surface area contributed by atoms with Crippen LogP contribution < -0.4 is 10.6 Å². The molecule has 1 atom stereocenters. The minimum absolute atomic E-state index is 0.105. The fraction of sp³-hybridized carbons (Fsp3) is 0.190. The van der Waals surface area contributed by atoms with E-state index in [4.69, 9.17) is 0 Å². The smallest absolute Gasteiger partial charge is 0.247 e. The number of aryl methyl sites for hydroxylation is 1. The molecule has 0 aliphatic rings. The van der Waals surface area contributed by atoms with E-state index in [9.17, 15) is 14.0 Å². The topological polar surface area (TPSA) is 118 Å². The van der Waals surface area contributed by atoms with Gasteiger partial charge in [0, 0.05) is 36.1 Å². The van der Waals surface area contributed by atoms with Crippen molar-refractivity contribution < 1.29 is 14.0 Å². The number of aromatic amines is 1. The highest BCUT2D eigenvalue weighted by atomic mass is 19.1. The highest BCUT2D eigenvalue weighted by Gasteiger charge is 2.22. The van der Waals surface area contributed by atoms with E-state index in [0.29, 0.717) is 11.5 Å². The van der Waals surface area contributed by atoms with Crippen LogP contribution in [0, 0.1) is 12.7 Å². The second-order valence-electron chi connectivity index (χ2n) is 7.11. The molecule has 2 aromatic heterocycles. The van der Waals surface area contributed by atoms with Crippen LogP contribution in [0.2, 0.25) is 0 Å². The number of tetrazole rings is 1. The molecule has 0 aliphatic carbocycles. The number of benzene rings is 2. The lowest BCUT2D eigenvalue weighted by molar-refractivity contribution is -0.125. The number of hydrogen-bond acceptors (Lipinski definition) is 5. The van der Waals surface area contributed by atoms with Crippen LogP contribution >= 0.6 is 0 Å². The molecular weight excluding hydrogens is 401 g/mol. The van der Waals surface area contributed by atoms with Crippen LogP contribution in [0.3, 0.4) is 0 Å². The Kier molecular flexibility index (Phi) is 5.44. The first kappa shape index (κ1) is 20.2. The highest BCUT2D eigenvalue weighted by Crippen LogP contribution is 2.21. The molecule has 9 nitrogen and oxygen atoms in total. The molecule has 10 heteroatoms. The van der Waals surface area contributed by atoms with E-state index in [1.54, 1.807) is 6.92 Å². The fourth-order valence-corrected chi connectivity index (χ4v) is 3.41. The van der Waals surface area contributed by atoms with Gasteiger partial charge in [0.15, 0.2) is 5.82 Å². The number of amides is 2. The van der Waals surface area contributed by atoms with Gasteiger partial charge in [0.25, 0.3) is 0 Å². The van der Waals surface area contributed by atoms with Gasteiger partial charge in [-0.2, -0.15) is 4.68 Å². The number of carbonyl (C=O) groups is 2. The summed E-state index contributed by atoms with van der Waals surface area (Å²) < 4.78 is 15.5. The van der Waals surface area contributed by atoms with Crippen molar-refractivity contribution in [1.82, 2.24) is 30.5 Å². The Hall–Kier alpha value is -4.08. The summed E-state index contributed by atoms with van der Waals surface area (Å²) in [4.78, 5) is 27.9. The van der Waals surface area contributed by atoms with Crippen molar-refractivity contribution in [2.24, 2.45) is 0 Å². The molecule has 4 rings (SSSR count). The van der Waals surface area contributed by atoms with Crippen LogP contribution in [0.5, 0.6) is 0 Å². The summed E-state index contributed by atoms with van der Waals surface area (Å²) in [7, 11) is 0. The van der Waals surface area contributed by atoms with Gasteiger partial charge in [-0.15, -0.1) is 5.10 Å². The molecule has 0 bridgehead atoms. The van der Waals surface area contributed by atoms with Crippen molar-refractivity contribution in [3.8, 4) is 5.69 Å². The number of anilines is 1. The lowest BCUT2D eigenvalue weighted by Gasteiger charge is -2.18. The molecule has 158 valence electrons. The molecule has 0 saturated carbocycles. The van der Waals surface area contributed by atoms with Gasteiger partial charge in [-0.3, -0.25) is 9.59 Å². The molecule has 0 fully saturated rings. The molecule has 31 heavy (non-hydrogen) atoms. The summed E-state index contributed by atoms with van der Waals surface area (Å²) in [6, 6.07) is 11.0. The van der Waals surface area contributed by atoms with Gasteiger partial charge in [0.1, 0.15) is 17.5 Å². The van der Waals surface area contributed by atoms with Crippen LogP contribution in [0.25, 0.3) is 16.6 Å². The van der Waals surface area contributed by atoms with E-state index >= 15 is 0 Å². The maximum Gasteiger partial charge on any atom is 0.247 e. The average molecular weight is 421 g/mol. The molecule has 2 heterocycles.